The Morgan fingerprint density at radius 3 is 2.37 bits per heavy atom. The number of benzene rings is 2. The van der Waals surface area contributed by atoms with Gasteiger partial charge in [0.2, 0.25) is 5.43 Å². The molecule has 1 aliphatic heterocycles. The van der Waals surface area contributed by atoms with Gasteiger partial charge in [-0.2, -0.15) is 0 Å². The Kier molecular flexibility index (Phi) is 9.44. The molecule has 0 atom stereocenters. The third kappa shape index (κ3) is 7.08. The van der Waals surface area contributed by atoms with Crippen molar-refractivity contribution in [3.8, 4) is 5.75 Å². The number of rotatable bonds is 9. The minimum absolute atomic E-state index is 0.00780. The standard InChI is InChI=1S/C25H30N2O3.C4H4O4/c1-5-27(6-2)14-13-26-16-17-15-21-19(11-12-25(3,4)30-21)24-22(17)23(28)18-9-7-8-10-20(18)29-24;5-3(6)1-2-4(7)8/h7-12,15,26H,5-6,13-14,16H2,1-4H3;1-2H,(H,5,6)(H,7,8)/b;2-1+. The van der Waals surface area contributed by atoms with Gasteiger partial charge in [0.15, 0.2) is 0 Å². The van der Waals surface area contributed by atoms with Crippen LogP contribution in [0.4, 0.5) is 0 Å². The lowest BCUT2D eigenvalue weighted by Gasteiger charge is -2.28. The Morgan fingerprint density at radius 2 is 1.74 bits per heavy atom. The quantitative estimate of drug-likeness (QED) is 0.214. The van der Waals surface area contributed by atoms with E-state index in [1.165, 1.54) is 0 Å². The molecule has 38 heavy (non-hydrogen) atoms. The maximum Gasteiger partial charge on any atom is 0.328 e. The lowest BCUT2D eigenvalue weighted by atomic mass is 9.97. The van der Waals surface area contributed by atoms with E-state index in [-0.39, 0.29) is 5.43 Å². The smallest absolute Gasteiger partial charge is 0.328 e. The highest BCUT2D eigenvalue weighted by molar-refractivity contribution is 5.97. The molecule has 0 spiro atoms. The highest BCUT2D eigenvalue weighted by atomic mass is 16.5. The minimum atomic E-state index is -1.26. The maximum atomic E-state index is 13.4. The van der Waals surface area contributed by atoms with Crippen LogP contribution in [0.1, 0.15) is 38.8 Å². The SMILES string of the molecule is CCN(CC)CCNCc1cc2c(c3oc4ccccc4c(=O)c13)C=CC(C)(C)O2.O=C(O)/C=C/C(=O)O. The second-order valence-electron chi connectivity index (χ2n) is 9.33. The average molecular weight is 523 g/mol. The number of aliphatic carboxylic acids is 2. The van der Waals surface area contributed by atoms with Crippen LogP contribution < -0.4 is 15.5 Å². The molecule has 2 aromatic carbocycles. The lowest BCUT2D eigenvalue weighted by Crippen LogP contribution is -2.32. The van der Waals surface area contributed by atoms with E-state index < -0.39 is 17.5 Å². The molecule has 202 valence electrons. The van der Waals surface area contributed by atoms with Crippen LogP contribution in [0.5, 0.6) is 5.75 Å². The number of nitrogens with zero attached hydrogens (tertiary/aromatic N) is 1. The number of likely N-dealkylation sites (N-methyl/N-ethyl adjacent to an activating group) is 1. The van der Waals surface area contributed by atoms with Gasteiger partial charge in [0.05, 0.1) is 16.3 Å². The van der Waals surface area contributed by atoms with E-state index in [0.717, 1.165) is 43.1 Å². The zero-order valence-corrected chi connectivity index (χ0v) is 22.1. The van der Waals surface area contributed by atoms with E-state index >= 15 is 0 Å². The summed E-state index contributed by atoms with van der Waals surface area (Å²) in [5.74, 6) is -1.76. The number of carboxylic acid groups (broad SMARTS) is 2. The number of hydrogen-bond acceptors (Lipinski definition) is 7. The van der Waals surface area contributed by atoms with Crippen molar-refractivity contribution in [3.63, 3.8) is 0 Å². The highest BCUT2D eigenvalue weighted by Crippen LogP contribution is 2.38. The van der Waals surface area contributed by atoms with Gasteiger partial charge in [0, 0.05) is 31.8 Å². The fraction of sp³-hybridized carbons (Fsp3) is 0.345. The third-order valence-corrected chi connectivity index (χ3v) is 6.14. The van der Waals surface area contributed by atoms with Crippen LogP contribution >= 0.6 is 0 Å². The molecule has 3 aromatic rings. The van der Waals surface area contributed by atoms with Gasteiger partial charge in [-0.1, -0.05) is 26.0 Å². The van der Waals surface area contributed by atoms with Gasteiger partial charge in [-0.3, -0.25) is 4.79 Å². The maximum absolute atomic E-state index is 13.4. The molecule has 0 aliphatic carbocycles. The summed E-state index contributed by atoms with van der Waals surface area (Å²) in [5.41, 5.74) is 2.55. The summed E-state index contributed by atoms with van der Waals surface area (Å²) in [5, 5.41) is 20.4. The van der Waals surface area contributed by atoms with Gasteiger partial charge >= 0.3 is 11.9 Å². The highest BCUT2D eigenvalue weighted by Gasteiger charge is 2.26. The third-order valence-electron chi connectivity index (χ3n) is 6.14. The van der Waals surface area contributed by atoms with Crippen molar-refractivity contribution in [2.24, 2.45) is 0 Å². The van der Waals surface area contributed by atoms with E-state index in [0.29, 0.717) is 40.6 Å². The molecule has 0 radical (unpaired) electrons. The van der Waals surface area contributed by atoms with Gasteiger partial charge in [-0.05, 0) is 62.9 Å². The first-order valence-electron chi connectivity index (χ1n) is 12.5. The second-order valence-corrected chi connectivity index (χ2v) is 9.33. The second kappa shape index (κ2) is 12.5. The van der Waals surface area contributed by atoms with Gasteiger partial charge in [-0.15, -0.1) is 0 Å². The first kappa shape index (κ1) is 28.6. The van der Waals surface area contributed by atoms with Crippen LogP contribution in [0.2, 0.25) is 0 Å². The van der Waals surface area contributed by atoms with Crippen molar-refractivity contribution in [2.75, 3.05) is 26.2 Å². The van der Waals surface area contributed by atoms with E-state index in [4.69, 9.17) is 19.4 Å². The summed E-state index contributed by atoms with van der Waals surface area (Å²) in [6, 6.07) is 9.43. The molecule has 1 aromatic heterocycles. The summed E-state index contributed by atoms with van der Waals surface area (Å²) in [7, 11) is 0. The molecule has 0 saturated heterocycles. The number of para-hydroxylation sites is 1. The van der Waals surface area contributed by atoms with E-state index in [2.05, 4.69) is 24.1 Å². The summed E-state index contributed by atoms with van der Waals surface area (Å²) >= 11 is 0. The van der Waals surface area contributed by atoms with Gasteiger partial charge in [0.25, 0.3) is 0 Å². The molecule has 0 unspecified atom stereocenters. The van der Waals surface area contributed by atoms with Crippen LogP contribution in [0.3, 0.4) is 0 Å². The number of ether oxygens (including phenoxy) is 1. The van der Waals surface area contributed by atoms with Gasteiger partial charge in [-0.25, -0.2) is 9.59 Å². The first-order valence-corrected chi connectivity index (χ1v) is 12.5. The molecule has 9 heteroatoms. The van der Waals surface area contributed by atoms with Gasteiger partial charge in [0.1, 0.15) is 22.5 Å². The van der Waals surface area contributed by atoms with E-state index in [1.54, 1.807) is 0 Å². The summed E-state index contributed by atoms with van der Waals surface area (Å²) < 4.78 is 12.5. The zero-order valence-electron chi connectivity index (χ0n) is 22.1. The van der Waals surface area contributed by atoms with Crippen molar-refractivity contribution < 1.29 is 29.0 Å². The molecule has 3 N–H and O–H groups in total. The molecule has 0 bridgehead atoms. The Bertz CT molecular complexity index is 1420. The lowest BCUT2D eigenvalue weighted by molar-refractivity contribution is -0.134. The molecular formula is C29H34N2O7. The van der Waals surface area contributed by atoms with E-state index in [1.807, 2.05) is 56.3 Å². The Labute approximate surface area is 221 Å². The fourth-order valence-corrected chi connectivity index (χ4v) is 4.17. The number of carbonyl (C=O) groups is 2. The largest absolute Gasteiger partial charge is 0.483 e. The van der Waals surface area contributed by atoms with Crippen LogP contribution in [0.15, 0.2) is 57.8 Å². The van der Waals surface area contributed by atoms with Gasteiger partial charge < -0.3 is 29.6 Å². The molecule has 2 heterocycles. The normalized spacial score (nSPS) is 13.8. The number of fused-ring (bicyclic) bond motifs is 4. The first-order chi connectivity index (χ1) is 18.1. The molecule has 1 aliphatic rings. The number of nitrogens with one attached hydrogen (secondary N) is 1. The monoisotopic (exact) mass is 522 g/mol. The number of hydrogen-bond donors (Lipinski definition) is 3. The average Bonchev–Trinajstić information content (AvgIpc) is 2.87. The Hall–Kier alpha value is -3.95. The van der Waals surface area contributed by atoms with Crippen LogP contribution in [0.25, 0.3) is 28.0 Å². The van der Waals surface area contributed by atoms with Crippen LogP contribution in [0, 0.1) is 0 Å². The van der Waals surface area contributed by atoms with Crippen molar-refractivity contribution in [2.45, 2.75) is 39.8 Å². The fourth-order valence-electron chi connectivity index (χ4n) is 4.17. The molecule has 0 saturated carbocycles. The predicted octanol–water partition coefficient (Wildman–Crippen LogP) is 4.27. The summed E-state index contributed by atoms with van der Waals surface area (Å²) in [4.78, 5) is 34.9. The summed E-state index contributed by atoms with van der Waals surface area (Å²) in [6.45, 7) is 12.9. The van der Waals surface area contributed by atoms with Crippen molar-refractivity contribution in [3.05, 3.63) is 69.9 Å². The predicted molar refractivity (Wildman–Crippen MR) is 148 cm³/mol. The number of carboxylic acids is 2. The molecule has 0 amide bonds. The van der Waals surface area contributed by atoms with Crippen LogP contribution in [-0.4, -0.2) is 58.8 Å². The van der Waals surface area contributed by atoms with Crippen LogP contribution in [-0.2, 0) is 16.1 Å². The zero-order chi connectivity index (χ0) is 27.9. The van der Waals surface area contributed by atoms with Crippen molar-refractivity contribution in [1.29, 1.82) is 0 Å². The minimum Gasteiger partial charge on any atom is -0.483 e. The van der Waals surface area contributed by atoms with Crippen molar-refractivity contribution in [1.82, 2.24) is 10.2 Å². The van der Waals surface area contributed by atoms with E-state index in [9.17, 15) is 14.4 Å². The molecule has 9 nitrogen and oxygen atoms in total. The Balaban J connectivity index is 0.000000436. The van der Waals surface area contributed by atoms with Crippen molar-refractivity contribution >= 4 is 40.0 Å². The Morgan fingerprint density at radius 1 is 1.08 bits per heavy atom. The topological polar surface area (TPSA) is 129 Å². The molecule has 4 rings (SSSR count). The molecular weight excluding hydrogens is 488 g/mol. The summed E-state index contributed by atoms with van der Waals surface area (Å²) in [6.07, 6.45) is 5.13. The molecule has 0 fully saturated rings.